The SMILES string of the molecule is COC(=O)c1scc2c1N(C(=O)OCc1ccccc1)CC(O)C2O. The summed E-state index contributed by atoms with van der Waals surface area (Å²) in [5, 5.41) is 21.7. The Morgan fingerprint density at radius 3 is 2.68 bits per heavy atom. The summed E-state index contributed by atoms with van der Waals surface area (Å²) in [6, 6.07) is 9.15. The Morgan fingerprint density at radius 2 is 2.00 bits per heavy atom. The first-order chi connectivity index (χ1) is 12.0. The van der Waals surface area contributed by atoms with Crippen LogP contribution in [0, 0.1) is 0 Å². The molecule has 0 saturated heterocycles. The molecule has 0 fully saturated rings. The summed E-state index contributed by atoms with van der Waals surface area (Å²) in [6.45, 7) is -0.121. The predicted octanol–water partition coefficient (Wildman–Crippen LogP) is 2.09. The van der Waals surface area contributed by atoms with Gasteiger partial charge in [0.05, 0.1) is 19.3 Å². The number of hydrogen-bond donors (Lipinski definition) is 2. The van der Waals surface area contributed by atoms with E-state index in [4.69, 9.17) is 9.47 Å². The average molecular weight is 363 g/mol. The zero-order valence-corrected chi connectivity index (χ0v) is 14.2. The van der Waals surface area contributed by atoms with Gasteiger partial charge in [-0.05, 0) is 10.9 Å². The maximum absolute atomic E-state index is 12.5. The average Bonchev–Trinajstić information content (AvgIpc) is 3.08. The molecule has 0 bridgehead atoms. The molecular formula is C17H17NO6S. The molecule has 1 aromatic heterocycles. The molecular weight excluding hydrogens is 346 g/mol. The van der Waals surface area contributed by atoms with Gasteiger partial charge in [0.1, 0.15) is 23.7 Å². The zero-order chi connectivity index (χ0) is 18.0. The first-order valence-electron chi connectivity index (χ1n) is 7.57. The van der Waals surface area contributed by atoms with E-state index in [1.165, 1.54) is 17.4 Å². The van der Waals surface area contributed by atoms with Crippen LogP contribution < -0.4 is 4.90 Å². The highest BCUT2D eigenvalue weighted by Crippen LogP contribution is 2.41. The number of nitrogens with zero attached hydrogens (tertiary/aromatic N) is 1. The second-order valence-electron chi connectivity index (χ2n) is 5.52. The van der Waals surface area contributed by atoms with Crippen LogP contribution in [-0.4, -0.2) is 42.0 Å². The van der Waals surface area contributed by atoms with Crippen LogP contribution in [0.5, 0.6) is 0 Å². The van der Waals surface area contributed by atoms with Crippen molar-refractivity contribution in [2.75, 3.05) is 18.6 Å². The maximum atomic E-state index is 12.5. The Kier molecular flexibility index (Phi) is 5.03. The van der Waals surface area contributed by atoms with Crippen LogP contribution in [0.25, 0.3) is 0 Å². The minimum atomic E-state index is -1.18. The number of benzene rings is 1. The zero-order valence-electron chi connectivity index (χ0n) is 13.4. The molecule has 25 heavy (non-hydrogen) atoms. The van der Waals surface area contributed by atoms with Gasteiger partial charge in [-0.3, -0.25) is 4.90 Å². The van der Waals surface area contributed by atoms with E-state index in [1.807, 2.05) is 30.3 Å². The lowest BCUT2D eigenvalue weighted by atomic mass is 9.99. The van der Waals surface area contributed by atoms with E-state index in [9.17, 15) is 19.8 Å². The van der Waals surface area contributed by atoms with E-state index in [1.54, 1.807) is 0 Å². The molecule has 1 aromatic carbocycles. The number of rotatable bonds is 3. The molecule has 0 saturated carbocycles. The van der Waals surface area contributed by atoms with Gasteiger partial charge in [0.2, 0.25) is 0 Å². The topological polar surface area (TPSA) is 96.3 Å². The summed E-state index contributed by atoms with van der Waals surface area (Å²) >= 11 is 1.04. The van der Waals surface area contributed by atoms with E-state index < -0.39 is 24.3 Å². The van der Waals surface area contributed by atoms with Crippen LogP contribution in [-0.2, 0) is 16.1 Å². The molecule has 0 aliphatic carbocycles. The molecule has 1 amide bonds. The van der Waals surface area contributed by atoms with Crippen molar-refractivity contribution in [3.63, 3.8) is 0 Å². The molecule has 2 heterocycles. The number of thiophene rings is 1. The number of methoxy groups -OCH3 is 1. The van der Waals surface area contributed by atoms with Gasteiger partial charge in [0.25, 0.3) is 0 Å². The number of carbonyl (C=O) groups is 2. The minimum absolute atomic E-state index is 0.0574. The standard InChI is InChI=1S/C17H17NO6S/c1-23-16(21)15-13-11(9-25-15)14(20)12(19)7-18(13)17(22)24-8-10-5-3-2-4-6-10/h2-6,9,12,14,19-20H,7-8H2,1H3. The number of anilines is 1. The molecule has 1 aliphatic heterocycles. The lowest BCUT2D eigenvalue weighted by Crippen LogP contribution is -2.45. The Labute approximate surface area is 148 Å². The predicted molar refractivity (Wildman–Crippen MR) is 90.6 cm³/mol. The summed E-state index contributed by atoms with van der Waals surface area (Å²) in [6.07, 6.45) is -3.06. The van der Waals surface area contributed by atoms with Crippen molar-refractivity contribution in [3.05, 3.63) is 51.7 Å². The van der Waals surface area contributed by atoms with Gasteiger partial charge in [-0.1, -0.05) is 30.3 Å². The van der Waals surface area contributed by atoms with Gasteiger partial charge >= 0.3 is 12.1 Å². The fourth-order valence-corrected chi connectivity index (χ4v) is 3.65. The first-order valence-corrected chi connectivity index (χ1v) is 8.45. The lowest BCUT2D eigenvalue weighted by Gasteiger charge is -2.33. The molecule has 0 spiro atoms. The van der Waals surface area contributed by atoms with E-state index in [2.05, 4.69) is 0 Å². The van der Waals surface area contributed by atoms with Gasteiger partial charge in [-0.2, -0.15) is 0 Å². The van der Waals surface area contributed by atoms with Crippen molar-refractivity contribution >= 4 is 29.1 Å². The number of fused-ring (bicyclic) bond motifs is 1. The molecule has 2 aromatic rings. The van der Waals surface area contributed by atoms with Crippen molar-refractivity contribution in [1.82, 2.24) is 0 Å². The van der Waals surface area contributed by atoms with E-state index in [0.29, 0.717) is 5.56 Å². The van der Waals surface area contributed by atoms with Gasteiger partial charge < -0.3 is 19.7 Å². The Hall–Kier alpha value is -2.42. The second kappa shape index (κ2) is 7.22. The third-order valence-corrected chi connectivity index (χ3v) is 4.88. The second-order valence-corrected chi connectivity index (χ2v) is 6.40. The van der Waals surface area contributed by atoms with Crippen molar-refractivity contribution in [1.29, 1.82) is 0 Å². The quantitative estimate of drug-likeness (QED) is 0.811. The van der Waals surface area contributed by atoms with E-state index in [0.717, 1.165) is 16.9 Å². The normalized spacial score (nSPS) is 19.2. The number of ether oxygens (including phenoxy) is 2. The number of aliphatic hydroxyl groups excluding tert-OH is 2. The number of hydrogen-bond acceptors (Lipinski definition) is 7. The Balaban J connectivity index is 1.86. The summed E-state index contributed by atoms with van der Waals surface area (Å²) < 4.78 is 10.0. The summed E-state index contributed by atoms with van der Waals surface area (Å²) in [5.74, 6) is -0.615. The lowest BCUT2D eigenvalue weighted by molar-refractivity contribution is 0.0175. The van der Waals surface area contributed by atoms with Gasteiger partial charge in [-0.25, -0.2) is 9.59 Å². The molecule has 2 atom stereocenters. The molecule has 132 valence electrons. The van der Waals surface area contributed by atoms with E-state index in [-0.39, 0.29) is 23.7 Å². The molecule has 7 nitrogen and oxygen atoms in total. The van der Waals surface area contributed by atoms with Crippen molar-refractivity contribution in [2.24, 2.45) is 0 Å². The fourth-order valence-electron chi connectivity index (χ4n) is 2.64. The molecule has 2 N–H and O–H groups in total. The monoisotopic (exact) mass is 363 g/mol. The molecule has 1 aliphatic rings. The van der Waals surface area contributed by atoms with Gasteiger partial charge in [-0.15, -0.1) is 11.3 Å². The van der Waals surface area contributed by atoms with Crippen molar-refractivity contribution in [2.45, 2.75) is 18.8 Å². The number of carbonyl (C=O) groups excluding carboxylic acids is 2. The van der Waals surface area contributed by atoms with Crippen molar-refractivity contribution in [3.8, 4) is 0 Å². The highest BCUT2D eigenvalue weighted by atomic mass is 32.1. The van der Waals surface area contributed by atoms with Crippen LogP contribution in [0.3, 0.4) is 0 Å². The number of amides is 1. The highest BCUT2D eigenvalue weighted by Gasteiger charge is 2.39. The Morgan fingerprint density at radius 1 is 1.28 bits per heavy atom. The van der Waals surface area contributed by atoms with Gasteiger partial charge in [0.15, 0.2) is 0 Å². The van der Waals surface area contributed by atoms with Crippen LogP contribution in [0.4, 0.5) is 10.5 Å². The number of esters is 1. The smallest absolute Gasteiger partial charge is 0.414 e. The fraction of sp³-hybridized carbons (Fsp3) is 0.294. The van der Waals surface area contributed by atoms with Crippen LogP contribution in [0.1, 0.15) is 26.9 Å². The molecule has 2 unspecified atom stereocenters. The molecule has 3 rings (SSSR count). The maximum Gasteiger partial charge on any atom is 0.414 e. The molecule has 8 heteroatoms. The summed E-state index contributed by atoms with van der Waals surface area (Å²) in [7, 11) is 1.24. The van der Waals surface area contributed by atoms with Crippen molar-refractivity contribution < 1.29 is 29.3 Å². The number of β-amino-alcohol motifs (C(OH)–C–C–N with tert-alkyl or cyclic N) is 1. The van der Waals surface area contributed by atoms with Gasteiger partial charge in [0, 0.05) is 5.56 Å². The largest absolute Gasteiger partial charge is 0.465 e. The summed E-state index contributed by atoms with van der Waals surface area (Å²) in [4.78, 5) is 25.8. The van der Waals surface area contributed by atoms with E-state index >= 15 is 0 Å². The number of aliphatic hydroxyl groups is 2. The third-order valence-electron chi connectivity index (χ3n) is 3.91. The van der Waals surface area contributed by atoms with Crippen LogP contribution >= 0.6 is 11.3 Å². The Bertz CT molecular complexity index is 775. The minimum Gasteiger partial charge on any atom is -0.465 e. The molecule has 0 radical (unpaired) electrons. The highest BCUT2D eigenvalue weighted by molar-refractivity contribution is 7.12. The first kappa shape index (κ1) is 17.4. The third kappa shape index (κ3) is 3.37. The summed E-state index contributed by atoms with van der Waals surface area (Å²) in [5.41, 5.74) is 1.35. The van der Waals surface area contributed by atoms with Crippen LogP contribution in [0.2, 0.25) is 0 Å². The van der Waals surface area contributed by atoms with Crippen LogP contribution in [0.15, 0.2) is 35.7 Å².